The molecule has 1 saturated heterocycles. The van der Waals surface area contributed by atoms with Crippen LogP contribution in [0.3, 0.4) is 0 Å². The standard InChI is InChI=1S/C24H16BrClFNO3S/c25-18-5-10-21(31-14-16-3-8-20(27)9-4-16)17(11-18)12-22-23(29)28(24(30)32-22)13-15-1-6-19(26)7-2-15/h1-12H,13-14H2/b22-12-. The van der Waals surface area contributed by atoms with Crippen LogP contribution in [-0.4, -0.2) is 16.0 Å². The smallest absolute Gasteiger partial charge is 0.293 e. The van der Waals surface area contributed by atoms with E-state index in [0.29, 0.717) is 21.2 Å². The van der Waals surface area contributed by atoms with Crippen molar-refractivity contribution in [2.45, 2.75) is 13.2 Å². The first-order valence-corrected chi connectivity index (χ1v) is 11.5. The quantitative estimate of drug-likeness (QED) is 0.319. The number of halogens is 3. The molecule has 8 heteroatoms. The Morgan fingerprint density at radius 1 is 1.00 bits per heavy atom. The highest BCUT2D eigenvalue weighted by molar-refractivity contribution is 9.10. The molecule has 1 aliphatic heterocycles. The monoisotopic (exact) mass is 531 g/mol. The summed E-state index contributed by atoms with van der Waals surface area (Å²) >= 11 is 10.2. The van der Waals surface area contributed by atoms with Gasteiger partial charge in [-0.25, -0.2) is 4.39 Å². The second kappa shape index (κ2) is 9.90. The van der Waals surface area contributed by atoms with Crippen LogP contribution in [0.25, 0.3) is 6.08 Å². The topological polar surface area (TPSA) is 46.6 Å². The van der Waals surface area contributed by atoms with Gasteiger partial charge in [0.25, 0.3) is 11.1 Å². The Hall–Kier alpha value is -2.61. The summed E-state index contributed by atoms with van der Waals surface area (Å²) in [4.78, 5) is 26.9. The lowest BCUT2D eigenvalue weighted by Gasteiger charge is -2.12. The van der Waals surface area contributed by atoms with E-state index in [1.807, 2.05) is 12.1 Å². The van der Waals surface area contributed by atoms with Crippen molar-refractivity contribution >= 4 is 56.5 Å². The fraction of sp³-hybridized carbons (Fsp3) is 0.0833. The van der Waals surface area contributed by atoms with Crippen LogP contribution in [0.15, 0.2) is 76.1 Å². The van der Waals surface area contributed by atoms with Crippen LogP contribution in [0, 0.1) is 5.82 Å². The van der Waals surface area contributed by atoms with E-state index in [0.717, 1.165) is 27.4 Å². The van der Waals surface area contributed by atoms with Crippen molar-refractivity contribution < 1.29 is 18.7 Å². The fourth-order valence-corrected chi connectivity index (χ4v) is 4.39. The number of carbonyl (C=O) groups excluding carboxylic acids is 2. The summed E-state index contributed by atoms with van der Waals surface area (Å²) in [5.41, 5.74) is 2.27. The maximum Gasteiger partial charge on any atom is 0.293 e. The third-order valence-electron chi connectivity index (χ3n) is 4.69. The first-order chi connectivity index (χ1) is 15.4. The summed E-state index contributed by atoms with van der Waals surface area (Å²) in [6.45, 7) is 0.409. The van der Waals surface area contributed by atoms with Crippen LogP contribution in [0.2, 0.25) is 5.02 Å². The normalized spacial score (nSPS) is 15.0. The Morgan fingerprint density at radius 3 is 2.41 bits per heavy atom. The van der Waals surface area contributed by atoms with Gasteiger partial charge in [-0.1, -0.05) is 51.8 Å². The van der Waals surface area contributed by atoms with Crippen molar-refractivity contribution in [1.82, 2.24) is 4.90 Å². The molecule has 1 heterocycles. The lowest BCUT2D eigenvalue weighted by Crippen LogP contribution is -2.27. The van der Waals surface area contributed by atoms with Crippen molar-refractivity contribution in [3.8, 4) is 5.75 Å². The molecule has 32 heavy (non-hydrogen) atoms. The Morgan fingerprint density at radius 2 is 1.69 bits per heavy atom. The summed E-state index contributed by atoms with van der Waals surface area (Å²) in [6.07, 6.45) is 1.65. The summed E-state index contributed by atoms with van der Waals surface area (Å²) in [7, 11) is 0. The largest absolute Gasteiger partial charge is 0.488 e. The zero-order chi connectivity index (χ0) is 22.7. The van der Waals surface area contributed by atoms with Gasteiger partial charge in [0.1, 0.15) is 18.2 Å². The summed E-state index contributed by atoms with van der Waals surface area (Å²) in [5.74, 6) is -0.131. The predicted molar refractivity (Wildman–Crippen MR) is 128 cm³/mol. The number of benzene rings is 3. The van der Waals surface area contributed by atoms with Gasteiger partial charge in [0.05, 0.1) is 11.4 Å². The second-order valence-corrected chi connectivity index (χ2v) is 9.34. The first-order valence-electron chi connectivity index (χ1n) is 9.55. The van der Waals surface area contributed by atoms with Gasteiger partial charge in [-0.2, -0.15) is 0 Å². The zero-order valence-electron chi connectivity index (χ0n) is 16.6. The first kappa shape index (κ1) is 22.6. The Bertz CT molecular complexity index is 1200. The van der Waals surface area contributed by atoms with Crippen LogP contribution >= 0.6 is 39.3 Å². The number of rotatable bonds is 6. The number of amides is 2. The van der Waals surface area contributed by atoms with E-state index in [1.54, 1.807) is 48.5 Å². The number of imide groups is 1. The number of ether oxygens (including phenoxy) is 1. The van der Waals surface area contributed by atoms with Gasteiger partial charge in [-0.3, -0.25) is 14.5 Å². The second-order valence-electron chi connectivity index (χ2n) is 6.99. The summed E-state index contributed by atoms with van der Waals surface area (Å²) in [6, 6.07) is 18.5. The maximum atomic E-state index is 13.1. The highest BCUT2D eigenvalue weighted by Crippen LogP contribution is 2.36. The third-order valence-corrected chi connectivity index (χ3v) is 6.35. The van der Waals surface area contributed by atoms with Crippen LogP contribution in [-0.2, 0) is 17.9 Å². The van der Waals surface area contributed by atoms with Gasteiger partial charge >= 0.3 is 0 Å². The Balaban J connectivity index is 1.54. The average molecular weight is 533 g/mol. The van der Waals surface area contributed by atoms with Crippen molar-refractivity contribution in [2.24, 2.45) is 0 Å². The van der Waals surface area contributed by atoms with Crippen molar-refractivity contribution in [3.63, 3.8) is 0 Å². The molecule has 0 unspecified atom stereocenters. The molecule has 1 aliphatic rings. The van der Waals surface area contributed by atoms with Gasteiger partial charge < -0.3 is 4.74 Å². The van der Waals surface area contributed by atoms with Crippen LogP contribution in [0.4, 0.5) is 9.18 Å². The molecule has 4 rings (SSSR count). The van der Waals surface area contributed by atoms with E-state index in [9.17, 15) is 14.0 Å². The molecule has 0 radical (unpaired) electrons. The van der Waals surface area contributed by atoms with Crippen LogP contribution in [0.5, 0.6) is 5.75 Å². The SMILES string of the molecule is O=C1S/C(=C\c2cc(Br)ccc2OCc2ccc(F)cc2)C(=O)N1Cc1ccc(Cl)cc1. The highest BCUT2D eigenvalue weighted by Gasteiger charge is 2.35. The number of carbonyl (C=O) groups is 2. The van der Waals surface area contributed by atoms with Crippen LogP contribution < -0.4 is 4.74 Å². The molecule has 162 valence electrons. The minimum Gasteiger partial charge on any atom is -0.488 e. The number of nitrogens with zero attached hydrogens (tertiary/aromatic N) is 1. The molecular formula is C24H16BrClFNO3S. The molecule has 2 amide bonds. The van der Waals surface area contributed by atoms with E-state index in [2.05, 4.69) is 15.9 Å². The molecule has 0 aliphatic carbocycles. The minimum absolute atomic E-state index is 0.172. The van der Waals surface area contributed by atoms with Gasteiger partial charge in [-0.15, -0.1) is 0 Å². The van der Waals surface area contributed by atoms with Crippen molar-refractivity contribution in [2.75, 3.05) is 0 Å². The number of hydrogen-bond donors (Lipinski definition) is 0. The van der Waals surface area contributed by atoms with E-state index in [-0.39, 0.29) is 30.1 Å². The average Bonchev–Trinajstić information content (AvgIpc) is 3.03. The molecule has 0 bridgehead atoms. The number of thioether (sulfide) groups is 1. The summed E-state index contributed by atoms with van der Waals surface area (Å²) < 4.78 is 19.8. The van der Waals surface area contributed by atoms with Gasteiger partial charge in [0.15, 0.2) is 0 Å². The Kier molecular flexibility index (Phi) is 6.98. The van der Waals surface area contributed by atoms with Gasteiger partial charge in [0, 0.05) is 15.1 Å². The molecule has 0 atom stereocenters. The van der Waals surface area contributed by atoms with Crippen molar-refractivity contribution in [1.29, 1.82) is 0 Å². The van der Waals surface area contributed by atoms with Gasteiger partial charge in [-0.05, 0) is 71.4 Å². The highest BCUT2D eigenvalue weighted by atomic mass is 79.9. The summed E-state index contributed by atoms with van der Waals surface area (Å²) in [5, 5.41) is 0.255. The number of hydrogen-bond acceptors (Lipinski definition) is 4. The molecule has 4 nitrogen and oxygen atoms in total. The van der Waals surface area contributed by atoms with E-state index < -0.39 is 0 Å². The lowest BCUT2D eigenvalue weighted by atomic mass is 10.1. The molecule has 1 fully saturated rings. The van der Waals surface area contributed by atoms with E-state index in [1.165, 1.54) is 17.0 Å². The fourth-order valence-electron chi connectivity index (χ4n) is 3.06. The Labute approximate surface area is 202 Å². The molecule has 0 spiro atoms. The van der Waals surface area contributed by atoms with Crippen molar-refractivity contribution in [3.05, 3.63) is 104 Å². The lowest BCUT2D eigenvalue weighted by molar-refractivity contribution is -0.123. The third kappa shape index (κ3) is 5.41. The van der Waals surface area contributed by atoms with Crippen LogP contribution in [0.1, 0.15) is 16.7 Å². The molecule has 3 aromatic rings. The predicted octanol–water partition coefficient (Wildman–Crippen LogP) is 7.06. The van der Waals surface area contributed by atoms with Gasteiger partial charge in [0.2, 0.25) is 0 Å². The minimum atomic E-state index is -0.362. The maximum absolute atomic E-state index is 13.1. The molecule has 0 aromatic heterocycles. The van der Waals surface area contributed by atoms with E-state index in [4.69, 9.17) is 16.3 Å². The zero-order valence-corrected chi connectivity index (χ0v) is 19.7. The molecular weight excluding hydrogens is 517 g/mol. The molecule has 0 saturated carbocycles. The van der Waals surface area contributed by atoms with E-state index >= 15 is 0 Å². The molecule has 3 aromatic carbocycles. The molecule has 0 N–H and O–H groups in total.